The number of carbonyl (C=O) groups is 2. The van der Waals surface area contributed by atoms with Gasteiger partial charge in [-0.2, -0.15) is 0 Å². The maximum absolute atomic E-state index is 12.1. The third kappa shape index (κ3) is 3.14. The van der Waals surface area contributed by atoms with Crippen LogP contribution >= 0.6 is 0 Å². The summed E-state index contributed by atoms with van der Waals surface area (Å²) in [7, 11) is 0. The number of aliphatic carboxylic acids is 1. The molecule has 2 aliphatic rings. The van der Waals surface area contributed by atoms with Crippen LogP contribution < -0.4 is 14.8 Å². The van der Waals surface area contributed by atoms with E-state index in [1.165, 1.54) is 0 Å². The van der Waals surface area contributed by atoms with E-state index in [1.807, 2.05) is 4.90 Å². The lowest BCUT2D eigenvalue weighted by atomic mass is 9.97. The Balaban J connectivity index is 1.50. The van der Waals surface area contributed by atoms with E-state index in [0.717, 1.165) is 0 Å². The van der Waals surface area contributed by atoms with Crippen LogP contribution in [0.25, 0.3) is 0 Å². The van der Waals surface area contributed by atoms with Crippen LogP contribution in [0.2, 0.25) is 0 Å². The van der Waals surface area contributed by atoms with E-state index in [1.54, 1.807) is 18.2 Å². The van der Waals surface area contributed by atoms with Gasteiger partial charge in [-0.25, -0.2) is 0 Å². The monoisotopic (exact) mass is 306 g/mol. The first-order valence-corrected chi connectivity index (χ1v) is 7.26. The Bertz CT molecular complexity index is 581. The largest absolute Gasteiger partial charge is 0.481 e. The zero-order valence-electron chi connectivity index (χ0n) is 12.1. The van der Waals surface area contributed by atoms with E-state index < -0.39 is 5.97 Å². The van der Waals surface area contributed by atoms with Gasteiger partial charge in [-0.05, 0) is 31.0 Å². The number of nitrogens with one attached hydrogen (secondary N) is 1. The van der Waals surface area contributed by atoms with Crippen LogP contribution in [0.4, 0.5) is 0 Å². The van der Waals surface area contributed by atoms with Gasteiger partial charge in [0, 0.05) is 18.7 Å². The molecular weight excluding hydrogens is 288 g/mol. The molecule has 1 aromatic rings. The fourth-order valence-corrected chi connectivity index (χ4v) is 2.66. The Kier molecular flexibility index (Phi) is 4.15. The zero-order valence-corrected chi connectivity index (χ0v) is 12.1. The minimum atomic E-state index is -0.732. The van der Waals surface area contributed by atoms with Gasteiger partial charge in [0.05, 0.1) is 12.6 Å². The molecule has 0 aromatic heterocycles. The molecule has 7 nitrogen and oxygen atoms in total. The van der Waals surface area contributed by atoms with Crippen LogP contribution in [0.3, 0.4) is 0 Å². The van der Waals surface area contributed by atoms with Crippen LogP contribution in [-0.4, -0.2) is 48.4 Å². The minimum Gasteiger partial charge on any atom is -0.481 e. The van der Waals surface area contributed by atoms with Crippen LogP contribution in [0.5, 0.6) is 11.5 Å². The first kappa shape index (κ1) is 14.6. The van der Waals surface area contributed by atoms with Crippen molar-refractivity contribution in [1.29, 1.82) is 0 Å². The van der Waals surface area contributed by atoms with E-state index in [-0.39, 0.29) is 18.6 Å². The lowest BCUT2D eigenvalue weighted by molar-refractivity contribution is -0.143. The number of hydrogen-bond donors (Lipinski definition) is 2. The third-order valence-corrected chi connectivity index (χ3v) is 4.03. The molecule has 3 rings (SSSR count). The summed E-state index contributed by atoms with van der Waals surface area (Å²) in [6, 6.07) is 5.07. The van der Waals surface area contributed by atoms with Crippen LogP contribution in [0.1, 0.15) is 23.2 Å². The molecule has 0 saturated carbocycles. The number of likely N-dealkylation sites (tertiary alicyclic amines) is 1. The number of nitrogens with zero attached hydrogens (tertiary/aromatic N) is 1. The summed E-state index contributed by atoms with van der Waals surface area (Å²) in [5.74, 6) is 0.0470. The van der Waals surface area contributed by atoms with Gasteiger partial charge in [0.1, 0.15) is 0 Å². The Hall–Kier alpha value is -2.28. The summed E-state index contributed by atoms with van der Waals surface area (Å²) in [5, 5.41) is 11.8. The molecule has 2 N–H and O–H groups in total. The van der Waals surface area contributed by atoms with Gasteiger partial charge in [0.25, 0.3) is 5.91 Å². The van der Waals surface area contributed by atoms with Gasteiger partial charge in [0.15, 0.2) is 11.5 Å². The van der Waals surface area contributed by atoms with Crippen molar-refractivity contribution in [1.82, 2.24) is 10.2 Å². The Labute approximate surface area is 127 Å². The molecule has 0 aliphatic carbocycles. The Morgan fingerprint density at radius 1 is 1.23 bits per heavy atom. The maximum Gasteiger partial charge on any atom is 0.306 e. The lowest BCUT2D eigenvalue weighted by Crippen LogP contribution is -2.43. The Morgan fingerprint density at radius 2 is 1.95 bits per heavy atom. The fourth-order valence-electron chi connectivity index (χ4n) is 2.66. The van der Waals surface area contributed by atoms with Crippen molar-refractivity contribution in [3.63, 3.8) is 0 Å². The number of benzene rings is 1. The van der Waals surface area contributed by atoms with Crippen molar-refractivity contribution >= 4 is 11.9 Å². The molecule has 0 atom stereocenters. The second-order valence-electron chi connectivity index (χ2n) is 5.46. The first-order valence-electron chi connectivity index (χ1n) is 7.26. The van der Waals surface area contributed by atoms with Crippen molar-refractivity contribution in [2.24, 2.45) is 5.92 Å². The molecule has 0 bridgehead atoms. The molecular formula is C15H18N2O5. The second kappa shape index (κ2) is 6.23. The number of fused-ring (bicyclic) bond motifs is 1. The molecule has 1 fully saturated rings. The number of carbonyl (C=O) groups excluding carboxylic acids is 1. The summed E-state index contributed by atoms with van der Waals surface area (Å²) < 4.78 is 10.5. The molecule has 22 heavy (non-hydrogen) atoms. The fraction of sp³-hybridized carbons (Fsp3) is 0.467. The summed E-state index contributed by atoms with van der Waals surface area (Å²) >= 11 is 0. The predicted octanol–water partition coefficient (Wildman–Crippen LogP) is 0.899. The third-order valence-electron chi connectivity index (χ3n) is 4.03. The molecule has 1 aromatic carbocycles. The van der Waals surface area contributed by atoms with E-state index >= 15 is 0 Å². The van der Waals surface area contributed by atoms with Gasteiger partial charge in [-0.3, -0.25) is 14.5 Å². The molecule has 2 aliphatic heterocycles. The van der Waals surface area contributed by atoms with Crippen molar-refractivity contribution in [3.8, 4) is 11.5 Å². The summed E-state index contributed by atoms with van der Waals surface area (Å²) in [4.78, 5) is 25.1. The number of carboxylic acid groups (broad SMARTS) is 1. The molecule has 1 saturated heterocycles. The number of rotatable bonds is 4. The van der Waals surface area contributed by atoms with Crippen LogP contribution in [-0.2, 0) is 4.79 Å². The molecule has 0 spiro atoms. The van der Waals surface area contributed by atoms with Crippen molar-refractivity contribution in [2.45, 2.75) is 12.8 Å². The van der Waals surface area contributed by atoms with Gasteiger partial charge < -0.3 is 19.9 Å². The second-order valence-corrected chi connectivity index (χ2v) is 5.46. The highest BCUT2D eigenvalue weighted by Crippen LogP contribution is 2.32. The normalized spacial score (nSPS) is 18.2. The summed E-state index contributed by atoms with van der Waals surface area (Å²) in [5.41, 5.74) is 0.518. The SMILES string of the molecule is O=C(NCN1CCC(C(=O)O)CC1)c1ccc2c(c1)OCO2. The average Bonchev–Trinajstić information content (AvgIpc) is 3.00. The molecule has 2 heterocycles. The van der Waals surface area contributed by atoms with Crippen LogP contribution in [0.15, 0.2) is 18.2 Å². The number of ether oxygens (including phenoxy) is 2. The molecule has 7 heteroatoms. The van der Waals surface area contributed by atoms with E-state index in [4.69, 9.17) is 14.6 Å². The predicted molar refractivity (Wildman–Crippen MR) is 76.8 cm³/mol. The van der Waals surface area contributed by atoms with Crippen LogP contribution in [0, 0.1) is 5.92 Å². The minimum absolute atomic E-state index is 0.179. The smallest absolute Gasteiger partial charge is 0.306 e. The molecule has 0 radical (unpaired) electrons. The topological polar surface area (TPSA) is 88.1 Å². The Morgan fingerprint density at radius 3 is 2.68 bits per heavy atom. The van der Waals surface area contributed by atoms with Gasteiger partial charge >= 0.3 is 5.97 Å². The van der Waals surface area contributed by atoms with Crippen molar-refractivity contribution < 1.29 is 24.2 Å². The summed E-state index contributed by atoms with van der Waals surface area (Å²) in [6.45, 7) is 1.95. The highest BCUT2D eigenvalue weighted by atomic mass is 16.7. The first-order chi connectivity index (χ1) is 10.6. The zero-order chi connectivity index (χ0) is 15.5. The number of amides is 1. The van der Waals surface area contributed by atoms with Gasteiger partial charge in [0.2, 0.25) is 6.79 Å². The van der Waals surface area contributed by atoms with E-state index in [9.17, 15) is 9.59 Å². The van der Waals surface area contributed by atoms with Crippen molar-refractivity contribution in [3.05, 3.63) is 23.8 Å². The quantitative estimate of drug-likeness (QED) is 0.859. The molecule has 118 valence electrons. The maximum atomic E-state index is 12.1. The van der Waals surface area contributed by atoms with E-state index in [2.05, 4.69) is 5.32 Å². The van der Waals surface area contributed by atoms with Crippen molar-refractivity contribution in [2.75, 3.05) is 26.6 Å². The number of hydrogen-bond acceptors (Lipinski definition) is 5. The lowest BCUT2D eigenvalue weighted by Gasteiger charge is -2.29. The molecule has 0 unspecified atom stereocenters. The van der Waals surface area contributed by atoms with Gasteiger partial charge in [-0.15, -0.1) is 0 Å². The highest BCUT2D eigenvalue weighted by molar-refractivity contribution is 5.94. The number of carboxylic acids is 1. The number of piperidine rings is 1. The van der Waals surface area contributed by atoms with E-state index in [0.29, 0.717) is 49.7 Å². The average molecular weight is 306 g/mol. The van der Waals surface area contributed by atoms with Gasteiger partial charge in [-0.1, -0.05) is 0 Å². The molecule has 1 amide bonds. The highest BCUT2D eigenvalue weighted by Gasteiger charge is 2.24. The summed E-state index contributed by atoms with van der Waals surface area (Å²) in [6.07, 6.45) is 1.24. The standard InChI is InChI=1S/C15H18N2O5/c18-14(11-1-2-12-13(7-11)22-9-21-12)16-8-17-5-3-10(4-6-17)15(19)20/h1-2,7,10H,3-6,8-9H2,(H,16,18)(H,19,20).